The molecule has 7 heteroatoms. The van der Waals surface area contributed by atoms with Crippen molar-refractivity contribution < 1.29 is 28.6 Å². The Hall–Kier alpha value is -1.64. The summed E-state index contributed by atoms with van der Waals surface area (Å²) in [6.07, 6.45) is 12.8. The highest BCUT2D eigenvalue weighted by atomic mass is 127. The lowest BCUT2D eigenvalue weighted by atomic mass is 10.1. The number of ether oxygens (including phenoxy) is 3. The topological polar surface area (TPSA) is 78.9 Å². The van der Waals surface area contributed by atoms with Gasteiger partial charge in [0.15, 0.2) is 6.10 Å². The number of carbonyl (C=O) groups excluding carboxylic acids is 3. The first-order chi connectivity index (χ1) is 17.0. The molecule has 0 radical (unpaired) electrons. The molecule has 1 atom stereocenters. The summed E-state index contributed by atoms with van der Waals surface area (Å²) in [6, 6.07) is 7.00. The van der Waals surface area contributed by atoms with Gasteiger partial charge in [-0.15, -0.1) is 0 Å². The fourth-order valence-electron chi connectivity index (χ4n) is 3.56. The van der Waals surface area contributed by atoms with Crippen molar-refractivity contribution in [1.29, 1.82) is 0 Å². The van der Waals surface area contributed by atoms with E-state index in [1.807, 2.05) is 12.1 Å². The lowest BCUT2D eigenvalue weighted by molar-refractivity contribution is -0.161. The average molecular weight is 603 g/mol. The van der Waals surface area contributed by atoms with Gasteiger partial charge in [-0.3, -0.25) is 9.59 Å². The van der Waals surface area contributed by atoms with Gasteiger partial charge in [-0.25, -0.2) is 4.79 Å². The highest BCUT2D eigenvalue weighted by Crippen LogP contribution is 2.12. The smallest absolute Gasteiger partial charge is 0.338 e. The maximum absolute atomic E-state index is 12.4. The van der Waals surface area contributed by atoms with Crippen LogP contribution >= 0.6 is 22.6 Å². The molecule has 0 fully saturated rings. The Morgan fingerprint density at radius 2 is 1.17 bits per heavy atom. The van der Waals surface area contributed by atoms with Crippen LogP contribution in [0.2, 0.25) is 0 Å². The molecule has 0 amide bonds. The molecule has 6 nitrogen and oxygen atoms in total. The Morgan fingerprint density at radius 3 is 1.74 bits per heavy atom. The summed E-state index contributed by atoms with van der Waals surface area (Å²) in [5.74, 6) is -1.18. The molecule has 1 unspecified atom stereocenters. The van der Waals surface area contributed by atoms with Gasteiger partial charge in [0, 0.05) is 16.4 Å². The summed E-state index contributed by atoms with van der Waals surface area (Å²) in [5.41, 5.74) is 0.419. The summed E-state index contributed by atoms with van der Waals surface area (Å²) >= 11 is 2.16. The zero-order valence-electron chi connectivity index (χ0n) is 21.5. The minimum Gasteiger partial charge on any atom is -0.462 e. The molecule has 0 aromatic heterocycles. The molecular formula is C28H43IO6. The molecule has 35 heavy (non-hydrogen) atoms. The Balaban J connectivity index is 2.46. The molecule has 0 spiro atoms. The maximum Gasteiger partial charge on any atom is 0.338 e. The second kappa shape index (κ2) is 20.5. The number of hydrogen-bond acceptors (Lipinski definition) is 6. The highest BCUT2D eigenvalue weighted by Gasteiger charge is 2.20. The third-order valence-corrected chi connectivity index (χ3v) is 6.40. The van der Waals surface area contributed by atoms with Gasteiger partial charge in [0.2, 0.25) is 0 Å². The Labute approximate surface area is 225 Å². The number of esters is 3. The molecule has 0 bridgehead atoms. The van der Waals surface area contributed by atoms with Crippen molar-refractivity contribution in [1.82, 2.24) is 0 Å². The van der Waals surface area contributed by atoms with Crippen molar-refractivity contribution in [3.8, 4) is 0 Å². The molecule has 1 aromatic carbocycles. The predicted molar refractivity (Wildman–Crippen MR) is 146 cm³/mol. The van der Waals surface area contributed by atoms with Crippen LogP contribution in [0.3, 0.4) is 0 Å². The lowest BCUT2D eigenvalue weighted by Crippen LogP contribution is -2.31. The van der Waals surface area contributed by atoms with E-state index in [1.165, 1.54) is 25.7 Å². The third kappa shape index (κ3) is 16.6. The van der Waals surface area contributed by atoms with Crippen LogP contribution in [0, 0.1) is 3.57 Å². The minimum absolute atomic E-state index is 0.114. The molecule has 0 saturated heterocycles. The normalized spacial score (nSPS) is 11.6. The second-order valence-corrected chi connectivity index (χ2v) is 10.2. The lowest BCUT2D eigenvalue weighted by Gasteiger charge is -2.18. The van der Waals surface area contributed by atoms with Gasteiger partial charge in [0.05, 0.1) is 5.56 Å². The molecule has 1 aromatic rings. The van der Waals surface area contributed by atoms with Crippen LogP contribution in [0.4, 0.5) is 0 Å². The standard InChI is InChI=1S/C28H43IO6/c1-3-5-7-9-10-12-13-15-26(30)33-21-25(35-27(31)16-14-11-8-6-4-2)22-34-28(32)23-17-19-24(29)20-18-23/h17-20,25H,3-16,21-22H2,1-2H3. The Kier molecular flexibility index (Phi) is 18.4. The molecule has 1 rings (SSSR count). The fourth-order valence-corrected chi connectivity index (χ4v) is 3.92. The minimum atomic E-state index is -0.816. The molecule has 198 valence electrons. The van der Waals surface area contributed by atoms with Gasteiger partial charge in [-0.1, -0.05) is 78.1 Å². The maximum atomic E-state index is 12.4. The van der Waals surface area contributed by atoms with Crippen LogP contribution in [0.25, 0.3) is 0 Å². The van der Waals surface area contributed by atoms with Crippen molar-refractivity contribution >= 4 is 40.5 Å². The van der Waals surface area contributed by atoms with Crippen LogP contribution in [-0.2, 0) is 23.8 Å². The van der Waals surface area contributed by atoms with Gasteiger partial charge >= 0.3 is 17.9 Å². The van der Waals surface area contributed by atoms with E-state index in [2.05, 4.69) is 36.4 Å². The fraction of sp³-hybridized carbons (Fsp3) is 0.679. The number of unbranched alkanes of at least 4 members (excludes halogenated alkanes) is 10. The summed E-state index contributed by atoms with van der Waals surface area (Å²) < 4.78 is 17.2. The first kappa shape index (κ1) is 31.4. The summed E-state index contributed by atoms with van der Waals surface area (Å²) in [7, 11) is 0. The molecule has 0 aliphatic carbocycles. The Bertz CT molecular complexity index is 719. The van der Waals surface area contributed by atoms with E-state index >= 15 is 0 Å². The number of rotatable bonds is 20. The van der Waals surface area contributed by atoms with Crippen molar-refractivity contribution in [2.75, 3.05) is 13.2 Å². The summed E-state index contributed by atoms with van der Waals surface area (Å²) in [6.45, 7) is 4.07. The molecule has 0 N–H and O–H groups in total. The van der Waals surface area contributed by atoms with Crippen LogP contribution < -0.4 is 0 Å². The zero-order valence-corrected chi connectivity index (χ0v) is 23.7. The van der Waals surface area contributed by atoms with Crippen molar-refractivity contribution in [3.05, 3.63) is 33.4 Å². The molecule has 0 heterocycles. The first-order valence-corrected chi connectivity index (χ1v) is 14.3. The van der Waals surface area contributed by atoms with Crippen molar-refractivity contribution in [2.45, 2.75) is 110 Å². The van der Waals surface area contributed by atoms with Gasteiger partial charge < -0.3 is 14.2 Å². The first-order valence-electron chi connectivity index (χ1n) is 13.2. The van der Waals surface area contributed by atoms with E-state index in [4.69, 9.17) is 14.2 Å². The quantitative estimate of drug-likeness (QED) is 0.0670. The molecule has 0 aliphatic heterocycles. The summed E-state index contributed by atoms with van der Waals surface area (Å²) in [4.78, 5) is 36.8. The van der Waals surface area contributed by atoms with E-state index in [1.54, 1.807) is 12.1 Å². The zero-order chi connectivity index (χ0) is 25.7. The Morgan fingerprint density at radius 1 is 0.686 bits per heavy atom. The monoisotopic (exact) mass is 602 g/mol. The third-order valence-electron chi connectivity index (χ3n) is 5.68. The molecular weight excluding hydrogens is 559 g/mol. The van der Waals surface area contributed by atoms with E-state index < -0.39 is 12.1 Å². The molecule has 0 saturated carbocycles. The number of carbonyl (C=O) groups is 3. The SMILES string of the molecule is CCCCCCCCCC(=O)OCC(COC(=O)c1ccc(I)cc1)OC(=O)CCCCCCC. The molecule has 0 aliphatic rings. The average Bonchev–Trinajstić information content (AvgIpc) is 2.85. The van der Waals surface area contributed by atoms with Crippen LogP contribution in [0.5, 0.6) is 0 Å². The van der Waals surface area contributed by atoms with E-state index in [-0.39, 0.29) is 25.2 Å². The number of halogens is 1. The van der Waals surface area contributed by atoms with E-state index in [0.29, 0.717) is 18.4 Å². The summed E-state index contributed by atoms with van der Waals surface area (Å²) in [5, 5.41) is 0. The highest BCUT2D eigenvalue weighted by molar-refractivity contribution is 14.1. The van der Waals surface area contributed by atoms with Crippen molar-refractivity contribution in [2.24, 2.45) is 0 Å². The van der Waals surface area contributed by atoms with Gasteiger partial charge in [-0.2, -0.15) is 0 Å². The van der Waals surface area contributed by atoms with E-state index in [9.17, 15) is 14.4 Å². The van der Waals surface area contributed by atoms with Crippen molar-refractivity contribution in [3.63, 3.8) is 0 Å². The number of hydrogen-bond donors (Lipinski definition) is 0. The van der Waals surface area contributed by atoms with Gasteiger partial charge in [0.25, 0.3) is 0 Å². The number of benzene rings is 1. The largest absolute Gasteiger partial charge is 0.462 e. The van der Waals surface area contributed by atoms with E-state index in [0.717, 1.165) is 54.9 Å². The second-order valence-electron chi connectivity index (χ2n) is 8.94. The van der Waals surface area contributed by atoms with Crippen LogP contribution in [-0.4, -0.2) is 37.2 Å². The van der Waals surface area contributed by atoms with Crippen LogP contribution in [0.1, 0.15) is 114 Å². The predicted octanol–water partition coefficient (Wildman–Crippen LogP) is 7.40. The van der Waals surface area contributed by atoms with Gasteiger partial charge in [-0.05, 0) is 59.7 Å². The van der Waals surface area contributed by atoms with Crippen LogP contribution in [0.15, 0.2) is 24.3 Å². The van der Waals surface area contributed by atoms with Gasteiger partial charge in [0.1, 0.15) is 13.2 Å².